The molecule has 0 spiro atoms. The molecule has 2 rings (SSSR count). The third kappa shape index (κ3) is 1.35. The summed E-state index contributed by atoms with van der Waals surface area (Å²) in [7, 11) is 1.24. The first-order valence-corrected chi connectivity index (χ1v) is 4.05. The Balaban J connectivity index is 2.58. The van der Waals surface area contributed by atoms with E-state index in [1.165, 1.54) is 19.4 Å². The number of carbonyl (C=O) groups is 2. The Morgan fingerprint density at radius 3 is 2.87 bits per heavy atom. The number of methoxy groups -OCH3 is 1. The predicted molar refractivity (Wildman–Crippen MR) is 48.9 cm³/mol. The zero-order chi connectivity index (χ0) is 11.0. The molecule has 0 saturated carbocycles. The SMILES string of the molecule is COC(=O)c1coc2cc(C(=O)O)[nH]c12. The fraction of sp³-hybridized carbons (Fsp3) is 0.111. The van der Waals surface area contributed by atoms with Crippen molar-refractivity contribution in [2.45, 2.75) is 0 Å². The third-order valence-corrected chi connectivity index (χ3v) is 1.99. The zero-order valence-corrected chi connectivity index (χ0v) is 7.73. The Hall–Kier alpha value is -2.24. The molecule has 0 aromatic carbocycles. The van der Waals surface area contributed by atoms with E-state index >= 15 is 0 Å². The standard InChI is InChI=1S/C9H7NO5/c1-14-9(13)4-3-15-6-2-5(8(11)12)10-7(4)6/h2-3,10H,1H3,(H,11,12). The summed E-state index contributed by atoms with van der Waals surface area (Å²) >= 11 is 0. The first-order valence-electron chi connectivity index (χ1n) is 4.05. The molecule has 2 aromatic rings. The van der Waals surface area contributed by atoms with Gasteiger partial charge in [0.1, 0.15) is 17.5 Å². The van der Waals surface area contributed by atoms with Crippen LogP contribution in [0, 0.1) is 0 Å². The Morgan fingerprint density at radius 1 is 1.53 bits per heavy atom. The number of carboxylic acids is 1. The van der Waals surface area contributed by atoms with Gasteiger partial charge >= 0.3 is 11.9 Å². The van der Waals surface area contributed by atoms with E-state index in [9.17, 15) is 9.59 Å². The van der Waals surface area contributed by atoms with E-state index < -0.39 is 11.9 Å². The number of ether oxygens (including phenoxy) is 1. The molecule has 0 amide bonds. The Kier molecular flexibility index (Phi) is 1.96. The smallest absolute Gasteiger partial charge is 0.352 e. The molecule has 0 atom stereocenters. The van der Waals surface area contributed by atoms with Crippen molar-refractivity contribution in [2.75, 3.05) is 7.11 Å². The number of nitrogens with one attached hydrogen (secondary N) is 1. The van der Waals surface area contributed by atoms with Crippen molar-refractivity contribution < 1.29 is 23.8 Å². The average Bonchev–Trinajstić information content (AvgIpc) is 2.74. The van der Waals surface area contributed by atoms with Gasteiger partial charge in [-0.2, -0.15) is 0 Å². The van der Waals surface area contributed by atoms with Gasteiger partial charge in [-0.15, -0.1) is 0 Å². The maximum atomic E-state index is 11.2. The van der Waals surface area contributed by atoms with Crippen molar-refractivity contribution >= 4 is 23.0 Å². The summed E-state index contributed by atoms with van der Waals surface area (Å²) in [6, 6.07) is 1.31. The first kappa shape index (κ1) is 9.32. The Labute approximate surface area is 83.4 Å². The van der Waals surface area contributed by atoms with E-state index in [1.807, 2.05) is 0 Å². The molecule has 15 heavy (non-hydrogen) atoms. The normalized spacial score (nSPS) is 10.5. The number of H-pyrrole nitrogens is 1. The number of carboxylic acid groups (broad SMARTS) is 1. The number of hydrogen-bond donors (Lipinski definition) is 2. The number of carbonyl (C=O) groups excluding carboxylic acids is 1. The van der Waals surface area contributed by atoms with E-state index in [2.05, 4.69) is 9.72 Å². The molecule has 0 saturated heterocycles. The lowest BCUT2D eigenvalue weighted by Gasteiger charge is -1.92. The van der Waals surface area contributed by atoms with Crippen LogP contribution < -0.4 is 0 Å². The van der Waals surface area contributed by atoms with Gasteiger partial charge in [0, 0.05) is 6.07 Å². The Morgan fingerprint density at radius 2 is 2.27 bits per heavy atom. The van der Waals surface area contributed by atoms with Crippen LogP contribution in [-0.2, 0) is 4.74 Å². The van der Waals surface area contributed by atoms with Crippen molar-refractivity contribution in [3.63, 3.8) is 0 Å². The van der Waals surface area contributed by atoms with E-state index in [1.54, 1.807) is 0 Å². The van der Waals surface area contributed by atoms with Crippen LogP contribution in [0.2, 0.25) is 0 Å². The molecule has 78 valence electrons. The quantitative estimate of drug-likeness (QED) is 0.726. The summed E-state index contributed by atoms with van der Waals surface area (Å²) in [5, 5.41) is 8.70. The second kappa shape index (κ2) is 3.16. The molecule has 2 aromatic heterocycles. The van der Waals surface area contributed by atoms with Gasteiger partial charge in [0.15, 0.2) is 5.58 Å². The maximum absolute atomic E-state index is 11.2. The molecule has 2 heterocycles. The lowest BCUT2D eigenvalue weighted by molar-refractivity contribution is 0.0600. The monoisotopic (exact) mass is 209 g/mol. The summed E-state index contributed by atoms with van der Waals surface area (Å²) in [4.78, 5) is 24.4. The highest BCUT2D eigenvalue weighted by Crippen LogP contribution is 2.22. The number of rotatable bonds is 2. The van der Waals surface area contributed by atoms with Crippen molar-refractivity contribution in [3.8, 4) is 0 Å². The molecule has 0 fully saturated rings. The van der Waals surface area contributed by atoms with Crippen LogP contribution in [-0.4, -0.2) is 29.1 Å². The second-order valence-electron chi connectivity index (χ2n) is 2.87. The van der Waals surface area contributed by atoms with Gasteiger partial charge in [0.05, 0.1) is 12.6 Å². The van der Waals surface area contributed by atoms with Crippen molar-refractivity contribution in [1.82, 2.24) is 4.98 Å². The fourth-order valence-electron chi connectivity index (χ4n) is 1.29. The number of aromatic amines is 1. The van der Waals surface area contributed by atoms with Crippen LogP contribution in [0.5, 0.6) is 0 Å². The summed E-state index contributed by atoms with van der Waals surface area (Å²) in [5.74, 6) is -1.69. The van der Waals surface area contributed by atoms with Gasteiger partial charge in [0.25, 0.3) is 0 Å². The lowest BCUT2D eigenvalue weighted by Crippen LogP contribution is -2.00. The van der Waals surface area contributed by atoms with Crippen LogP contribution in [0.1, 0.15) is 20.8 Å². The summed E-state index contributed by atoms with van der Waals surface area (Å²) in [6.07, 6.45) is 1.22. The number of fused-ring (bicyclic) bond motifs is 1. The number of aromatic nitrogens is 1. The predicted octanol–water partition coefficient (Wildman–Crippen LogP) is 1.25. The summed E-state index contributed by atoms with van der Waals surface area (Å²) in [6.45, 7) is 0. The van der Waals surface area contributed by atoms with Crippen LogP contribution in [0.4, 0.5) is 0 Å². The highest BCUT2D eigenvalue weighted by Gasteiger charge is 2.18. The van der Waals surface area contributed by atoms with Crippen LogP contribution in [0.3, 0.4) is 0 Å². The molecule has 0 aliphatic heterocycles. The van der Waals surface area contributed by atoms with E-state index in [-0.39, 0.29) is 11.3 Å². The van der Waals surface area contributed by atoms with Crippen molar-refractivity contribution in [3.05, 3.63) is 23.6 Å². The highest BCUT2D eigenvalue weighted by atomic mass is 16.5. The summed E-state index contributed by atoms with van der Waals surface area (Å²) in [5.41, 5.74) is 0.793. The third-order valence-electron chi connectivity index (χ3n) is 1.99. The van der Waals surface area contributed by atoms with Crippen LogP contribution in [0.15, 0.2) is 16.7 Å². The largest absolute Gasteiger partial charge is 0.477 e. The van der Waals surface area contributed by atoms with E-state index in [4.69, 9.17) is 9.52 Å². The minimum Gasteiger partial charge on any atom is -0.477 e. The molecule has 0 unspecified atom stereocenters. The van der Waals surface area contributed by atoms with Gasteiger partial charge in [-0.1, -0.05) is 0 Å². The average molecular weight is 209 g/mol. The van der Waals surface area contributed by atoms with E-state index in [0.717, 1.165) is 0 Å². The molecule has 0 aliphatic carbocycles. The molecule has 0 bridgehead atoms. The van der Waals surface area contributed by atoms with Crippen LogP contribution in [0.25, 0.3) is 11.1 Å². The van der Waals surface area contributed by atoms with Crippen molar-refractivity contribution in [2.24, 2.45) is 0 Å². The molecule has 0 aliphatic rings. The number of esters is 1. The topological polar surface area (TPSA) is 92.5 Å². The maximum Gasteiger partial charge on any atom is 0.352 e. The van der Waals surface area contributed by atoms with Gasteiger partial charge in [0.2, 0.25) is 0 Å². The lowest BCUT2D eigenvalue weighted by atomic mass is 10.3. The van der Waals surface area contributed by atoms with Crippen molar-refractivity contribution in [1.29, 1.82) is 0 Å². The molecule has 0 radical (unpaired) electrons. The molecule has 2 N–H and O–H groups in total. The summed E-state index contributed by atoms with van der Waals surface area (Å²) < 4.78 is 9.51. The second-order valence-corrected chi connectivity index (χ2v) is 2.87. The highest BCUT2D eigenvalue weighted by molar-refractivity contribution is 6.03. The Bertz CT molecular complexity index is 536. The molecule has 6 heteroatoms. The molecular formula is C9H7NO5. The van der Waals surface area contributed by atoms with E-state index in [0.29, 0.717) is 11.1 Å². The zero-order valence-electron chi connectivity index (χ0n) is 7.73. The first-order chi connectivity index (χ1) is 7.13. The number of hydrogen-bond acceptors (Lipinski definition) is 4. The van der Waals surface area contributed by atoms with Gasteiger partial charge in [-0.25, -0.2) is 9.59 Å². The minimum atomic E-state index is -1.11. The fourth-order valence-corrected chi connectivity index (χ4v) is 1.29. The number of aromatic carboxylic acids is 1. The van der Waals surface area contributed by atoms with Gasteiger partial charge in [-0.3, -0.25) is 0 Å². The van der Waals surface area contributed by atoms with Crippen LogP contribution >= 0.6 is 0 Å². The number of furan rings is 1. The minimum absolute atomic E-state index is 0.0329. The van der Waals surface area contributed by atoms with Gasteiger partial charge < -0.3 is 19.2 Å². The molecule has 6 nitrogen and oxygen atoms in total. The molecular weight excluding hydrogens is 202 g/mol. The van der Waals surface area contributed by atoms with Gasteiger partial charge in [-0.05, 0) is 0 Å².